The van der Waals surface area contributed by atoms with E-state index in [9.17, 15) is 14.7 Å². The van der Waals surface area contributed by atoms with Gasteiger partial charge in [-0.2, -0.15) is 0 Å². The fraction of sp³-hybridized carbons (Fsp3) is 0.400. The molecule has 0 aliphatic carbocycles. The molecule has 3 rings (SSSR count). The molecule has 2 aromatic rings. The van der Waals surface area contributed by atoms with E-state index < -0.39 is 11.9 Å². The SMILES string of the molecule is CC(C)Oc1ccc(C(=O)c2ccc3n2CCCCC3C(=O)O)cc1. The fourth-order valence-electron chi connectivity index (χ4n) is 3.36. The van der Waals surface area contributed by atoms with E-state index in [1.165, 1.54) is 0 Å². The number of carbonyl (C=O) groups is 2. The van der Waals surface area contributed by atoms with Crippen LogP contribution in [0.2, 0.25) is 0 Å². The van der Waals surface area contributed by atoms with Gasteiger partial charge in [-0.25, -0.2) is 0 Å². The van der Waals surface area contributed by atoms with Crippen molar-refractivity contribution in [3.63, 3.8) is 0 Å². The largest absolute Gasteiger partial charge is 0.491 e. The summed E-state index contributed by atoms with van der Waals surface area (Å²) in [7, 11) is 0. The average molecular weight is 341 g/mol. The van der Waals surface area contributed by atoms with Crippen LogP contribution in [0.25, 0.3) is 0 Å². The number of benzene rings is 1. The molecular weight excluding hydrogens is 318 g/mol. The second-order valence-electron chi connectivity index (χ2n) is 6.70. The van der Waals surface area contributed by atoms with Crippen molar-refractivity contribution in [2.24, 2.45) is 0 Å². The number of carbonyl (C=O) groups excluding carboxylic acids is 1. The van der Waals surface area contributed by atoms with Crippen LogP contribution in [0.4, 0.5) is 0 Å². The van der Waals surface area contributed by atoms with E-state index >= 15 is 0 Å². The number of aromatic nitrogens is 1. The topological polar surface area (TPSA) is 68.5 Å². The lowest BCUT2D eigenvalue weighted by atomic mass is 10.0. The highest BCUT2D eigenvalue weighted by Gasteiger charge is 2.28. The van der Waals surface area contributed by atoms with E-state index in [4.69, 9.17) is 4.74 Å². The molecule has 1 unspecified atom stereocenters. The molecule has 0 saturated heterocycles. The Balaban J connectivity index is 1.89. The van der Waals surface area contributed by atoms with Gasteiger partial charge in [-0.1, -0.05) is 6.42 Å². The van der Waals surface area contributed by atoms with Crippen LogP contribution in [0.1, 0.15) is 60.8 Å². The van der Waals surface area contributed by atoms with E-state index in [2.05, 4.69) is 0 Å². The van der Waals surface area contributed by atoms with Crippen molar-refractivity contribution in [2.45, 2.75) is 51.7 Å². The average Bonchev–Trinajstić information content (AvgIpc) is 2.86. The molecule has 2 heterocycles. The molecule has 1 N–H and O–H groups in total. The fourth-order valence-corrected chi connectivity index (χ4v) is 3.36. The van der Waals surface area contributed by atoms with E-state index in [0.717, 1.165) is 24.3 Å². The Morgan fingerprint density at radius 2 is 1.84 bits per heavy atom. The van der Waals surface area contributed by atoms with Crippen LogP contribution in [0.15, 0.2) is 36.4 Å². The molecule has 25 heavy (non-hydrogen) atoms. The Morgan fingerprint density at radius 3 is 2.48 bits per heavy atom. The maximum Gasteiger partial charge on any atom is 0.312 e. The van der Waals surface area contributed by atoms with Crippen molar-refractivity contribution in [1.82, 2.24) is 4.57 Å². The van der Waals surface area contributed by atoms with E-state index in [0.29, 0.717) is 24.2 Å². The zero-order chi connectivity index (χ0) is 18.0. The minimum atomic E-state index is -0.824. The van der Waals surface area contributed by atoms with E-state index in [1.54, 1.807) is 36.4 Å². The van der Waals surface area contributed by atoms with Crippen molar-refractivity contribution >= 4 is 11.8 Å². The van der Waals surface area contributed by atoms with Crippen LogP contribution in [0.5, 0.6) is 5.75 Å². The lowest BCUT2D eigenvalue weighted by Crippen LogP contribution is -2.16. The van der Waals surface area contributed by atoms with Crippen molar-refractivity contribution < 1.29 is 19.4 Å². The number of aliphatic carboxylic acids is 1. The molecule has 0 radical (unpaired) electrons. The third-order valence-corrected chi connectivity index (χ3v) is 4.51. The standard InChI is InChI=1S/C20H23NO4/c1-13(2)25-15-8-6-14(7-9-15)19(22)18-11-10-17-16(20(23)24)5-3-4-12-21(17)18/h6-11,13,16H,3-5,12H2,1-2H3,(H,23,24). The van der Waals surface area contributed by atoms with Gasteiger partial charge in [0.15, 0.2) is 0 Å². The first-order valence-corrected chi connectivity index (χ1v) is 8.71. The number of ketones is 1. The number of carboxylic acids is 1. The van der Waals surface area contributed by atoms with Crippen molar-refractivity contribution in [1.29, 1.82) is 0 Å². The number of ether oxygens (including phenoxy) is 1. The summed E-state index contributed by atoms with van der Waals surface area (Å²) in [5.74, 6) is -0.721. The first-order valence-electron chi connectivity index (χ1n) is 8.71. The Hall–Kier alpha value is -2.56. The second-order valence-corrected chi connectivity index (χ2v) is 6.70. The number of hydrogen-bond acceptors (Lipinski definition) is 3. The minimum Gasteiger partial charge on any atom is -0.491 e. The number of carboxylic acid groups (broad SMARTS) is 1. The smallest absolute Gasteiger partial charge is 0.312 e. The number of hydrogen-bond donors (Lipinski definition) is 1. The molecule has 1 aromatic heterocycles. The van der Waals surface area contributed by atoms with Gasteiger partial charge in [-0.15, -0.1) is 0 Å². The zero-order valence-electron chi connectivity index (χ0n) is 14.6. The minimum absolute atomic E-state index is 0.0795. The first kappa shape index (κ1) is 17.3. The number of nitrogens with zero attached hydrogens (tertiary/aromatic N) is 1. The second kappa shape index (κ2) is 7.13. The predicted octanol–water partition coefficient (Wildman–Crippen LogP) is 3.86. The van der Waals surface area contributed by atoms with Gasteiger partial charge < -0.3 is 14.4 Å². The lowest BCUT2D eigenvalue weighted by molar-refractivity contribution is -0.139. The molecule has 5 nitrogen and oxygen atoms in total. The maximum absolute atomic E-state index is 12.9. The van der Waals surface area contributed by atoms with Gasteiger partial charge in [0.25, 0.3) is 0 Å². The predicted molar refractivity (Wildman–Crippen MR) is 94.3 cm³/mol. The monoisotopic (exact) mass is 341 g/mol. The molecule has 0 spiro atoms. The van der Waals surface area contributed by atoms with Crippen LogP contribution in [0.3, 0.4) is 0 Å². The molecule has 1 aromatic carbocycles. The third-order valence-electron chi connectivity index (χ3n) is 4.51. The van der Waals surface area contributed by atoms with Crippen LogP contribution in [0, 0.1) is 0 Å². The third kappa shape index (κ3) is 3.60. The molecular formula is C20H23NO4. The summed E-state index contributed by atoms with van der Waals surface area (Å²) in [5, 5.41) is 9.47. The molecule has 0 fully saturated rings. The van der Waals surface area contributed by atoms with Crippen molar-refractivity contribution in [3.05, 3.63) is 53.3 Å². The lowest BCUT2D eigenvalue weighted by Gasteiger charge is -2.14. The highest BCUT2D eigenvalue weighted by atomic mass is 16.5. The van der Waals surface area contributed by atoms with Gasteiger partial charge in [0.1, 0.15) is 5.75 Å². The maximum atomic E-state index is 12.9. The molecule has 1 aliphatic rings. The Morgan fingerprint density at radius 1 is 1.12 bits per heavy atom. The highest BCUT2D eigenvalue weighted by molar-refractivity contribution is 6.08. The summed E-state index contributed by atoms with van der Waals surface area (Å²) in [5.41, 5.74) is 1.86. The molecule has 5 heteroatoms. The van der Waals surface area contributed by atoms with Crippen LogP contribution < -0.4 is 4.74 Å². The molecule has 1 aliphatic heterocycles. The summed E-state index contributed by atoms with van der Waals surface area (Å²) < 4.78 is 7.49. The Kier molecular flexibility index (Phi) is 4.93. The highest BCUT2D eigenvalue weighted by Crippen LogP contribution is 2.30. The summed E-state index contributed by atoms with van der Waals surface area (Å²) in [4.78, 5) is 24.4. The molecule has 0 bridgehead atoms. The summed E-state index contributed by atoms with van der Waals surface area (Å²) in [6.45, 7) is 4.59. The van der Waals surface area contributed by atoms with E-state index in [1.807, 2.05) is 18.4 Å². The molecule has 0 amide bonds. The van der Waals surface area contributed by atoms with Gasteiger partial charge >= 0.3 is 5.97 Å². The van der Waals surface area contributed by atoms with Gasteiger partial charge in [0.05, 0.1) is 17.7 Å². The Bertz CT molecular complexity index is 773. The molecule has 0 saturated carbocycles. The van der Waals surface area contributed by atoms with Crippen LogP contribution >= 0.6 is 0 Å². The summed E-state index contributed by atoms with van der Waals surface area (Å²) >= 11 is 0. The van der Waals surface area contributed by atoms with Crippen LogP contribution in [-0.4, -0.2) is 27.5 Å². The number of fused-ring (bicyclic) bond motifs is 1. The van der Waals surface area contributed by atoms with E-state index in [-0.39, 0.29) is 11.9 Å². The van der Waals surface area contributed by atoms with Crippen molar-refractivity contribution in [2.75, 3.05) is 0 Å². The van der Waals surface area contributed by atoms with Gasteiger partial charge in [0, 0.05) is 17.8 Å². The quantitative estimate of drug-likeness (QED) is 0.839. The van der Waals surface area contributed by atoms with Gasteiger partial charge in [-0.05, 0) is 63.1 Å². The molecule has 1 atom stereocenters. The van der Waals surface area contributed by atoms with Gasteiger partial charge in [-0.3, -0.25) is 9.59 Å². The first-order chi connectivity index (χ1) is 12.0. The molecule has 132 valence electrons. The normalized spacial score (nSPS) is 17.0. The zero-order valence-corrected chi connectivity index (χ0v) is 14.6. The summed E-state index contributed by atoms with van der Waals surface area (Å²) in [6, 6.07) is 10.6. The van der Waals surface area contributed by atoms with Crippen molar-refractivity contribution in [3.8, 4) is 5.75 Å². The van der Waals surface area contributed by atoms with Gasteiger partial charge in [0.2, 0.25) is 5.78 Å². The Labute approximate surface area is 147 Å². The number of rotatable bonds is 5. The summed E-state index contributed by atoms with van der Waals surface area (Å²) in [6.07, 6.45) is 2.44. The van der Waals surface area contributed by atoms with Crippen LogP contribution in [-0.2, 0) is 11.3 Å².